The van der Waals surface area contributed by atoms with E-state index >= 15 is 0 Å². The molecule has 0 bridgehead atoms. The smallest absolute Gasteiger partial charge is 0.338 e. The third kappa shape index (κ3) is 6.61. The SMILES string of the molecule is CCn1c(=O)n(CC(O)COC(=O)c2cccc3ccccc23)c(=O)n(CC(O)COC(=O)c2cccc3ccccc23)c1=O. The Hall–Kier alpha value is -5.33. The molecule has 0 aliphatic rings. The summed E-state index contributed by atoms with van der Waals surface area (Å²) in [6, 6.07) is 24.7. The summed E-state index contributed by atoms with van der Waals surface area (Å²) in [6.45, 7) is -0.833. The fraction of sp³-hybridized carbons (Fsp3) is 0.242. The lowest BCUT2D eigenvalue weighted by Gasteiger charge is -2.18. The molecule has 0 saturated heterocycles. The van der Waals surface area contributed by atoms with E-state index in [2.05, 4.69) is 0 Å². The van der Waals surface area contributed by atoms with E-state index in [0.29, 0.717) is 19.9 Å². The highest BCUT2D eigenvalue weighted by Crippen LogP contribution is 2.20. The Labute approximate surface area is 255 Å². The van der Waals surface area contributed by atoms with Gasteiger partial charge in [-0.2, -0.15) is 0 Å². The Morgan fingerprint density at radius 2 is 0.978 bits per heavy atom. The lowest BCUT2D eigenvalue weighted by atomic mass is 10.1. The molecule has 5 rings (SSSR count). The van der Waals surface area contributed by atoms with Crippen LogP contribution in [-0.4, -0.2) is 61.3 Å². The average molecular weight is 614 g/mol. The number of esters is 2. The number of benzene rings is 4. The maximum atomic E-state index is 13.2. The number of carbonyl (C=O) groups is 2. The van der Waals surface area contributed by atoms with Crippen molar-refractivity contribution in [1.29, 1.82) is 0 Å². The number of hydrogen-bond acceptors (Lipinski definition) is 9. The number of rotatable bonds is 11. The minimum Gasteiger partial charge on any atom is -0.459 e. The Kier molecular flexibility index (Phi) is 9.36. The van der Waals surface area contributed by atoms with E-state index in [1.807, 2.05) is 36.4 Å². The summed E-state index contributed by atoms with van der Waals surface area (Å²) in [7, 11) is 0. The molecule has 5 aromatic rings. The van der Waals surface area contributed by atoms with Gasteiger partial charge in [0.25, 0.3) is 0 Å². The van der Waals surface area contributed by atoms with E-state index in [1.54, 1.807) is 48.5 Å². The third-order valence-electron chi connectivity index (χ3n) is 7.32. The van der Waals surface area contributed by atoms with Crippen molar-refractivity contribution in [3.63, 3.8) is 0 Å². The molecule has 4 aromatic carbocycles. The minimum atomic E-state index is -1.47. The molecule has 2 atom stereocenters. The first-order chi connectivity index (χ1) is 21.7. The summed E-state index contributed by atoms with van der Waals surface area (Å²) < 4.78 is 12.6. The molecule has 1 heterocycles. The van der Waals surface area contributed by atoms with Crippen LogP contribution in [0.1, 0.15) is 27.6 Å². The Bertz CT molecular complexity index is 1910. The monoisotopic (exact) mass is 613 g/mol. The van der Waals surface area contributed by atoms with Crippen LogP contribution in [0.2, 0.25) is 0 Å². The number of ether oxygens (including phenoxy) is 2. The lowest BCUT2D eigenvalue weighted by molar-refractivity contribution is 0.0191. The highest BCUT2D eigenvalue weighted by Gasteiger charge is 2.22. The fourth-order valence-electron chi connectivity index (χ4n) is 5.10. The van der Waals surface area contributed by atoms with Crippen molar-refractivity contribution in [3.05, 3.63) is 128 Å². The van der Waals surface area contributed by atoms with Gasteiger partial charge in [0.05, 0.1) is 24.2 Å². The quantitative estimate of drug-likeness (QED) is 0.212. The summed E-state index contributed by atoms with van der Waals surface area (Å²) in [6.07, 6.45) is -2.95. The first kappa shape index (κ1) is 31.1. The Morgan fingerprint density at radius 1 is 0.600 bits per heavy atom. The van der Waals surface area contributed by atoms with E-state index in [0.717, 1.165) is 15.3 Å². The molecule has 0 radical (unpaired) electrons. The van der Waals surface area contributed by atoms with Crippen molar-refractivity contribution in [2.45, 2.75) is 38.8 Å². The van der Waals surface area contributed by atoms with Crippen LogP contribution in [-0.2, 0) is 29.1 Å². The molecule has 0 aliphatic carbocycles. The standard InChI is InChI=1S/C33H31N3O9/c1-2-34-31(41)35(17-23(37)19-44-29(39)27-15-7-11-21-9-3-5-13-25(21)27)33(43)36(32(34)42)18-24(38)20-45-30(40)28-16-8-12-22-10-4-6-14-26(22)28/h3-16,23-24,37-38H,2,17-20H2,1H3. The van der Waals surface area contributed by atoms with Gasteiger partial charge in [-0.3, -0.25) is 0 Å². The van der Waals surface area contributed by atoms with Crippen LogP contribution in [0.4, 0.5) is 0 Å². The highest BCUT2D eigenvalue weighted by atomic mass is 16.5. The molecule has 45 heavy (non-hydrogen) atoms. The van der Waals surface area contributed by atoms with Crippen molar-refractivity contribution < 1.29 is 29.3 Å². The molecule has 12 nitrogen and oxygen atoms in total. The van der Waals surface area contributed by atoms with E-state index < -0.39 is 67.5 Å². The molecule has 0 fully saturated rings. The minimum absolute atomic E-state index is 0.101. The van der Waals surface area contributed by atoms with Gasteiger partial charge >= 0.3 is 29.0 Å². The predicted octanol–water partition coefficient (Wildman–Crippen LogP) is 1.93. The molecular formula is C33H31N3O9. The maximum Gasteiger partial charge on any atom is 0.338 e. The summed E-state index contributed by atoms with van der Waals surface area (Å²) in [5.41, 5.74) is -2.46. The molecule has 2 N–H and O–H groups in total. The van der Waals surface area contributed by atoms with Crippen molar-refractivity contribution in [3.8, 4) is 0 Å². The van der Waals surface area contributed by atoms with Crippen LogP contribution in [0.3, 0.4) is 0 Å². The van der Waals surface area contributed by atoms with Gasteiger partial charge < -0.3 is 19.7 Å². The van der Waals surface area contributed by atoms with Crippen molar-refractivity contribution in [2.75, 3.05) is 13.2 Å². The zero-order valence-corrected chi connectivity index (χ0v) is 24.4. The van der Waals surface area contributed by atoms with Gasteiger partial charge in [0.1, 0.15) is 25.4 Å². The molecule has 0 spiro atoms. The summed E-state index contributed by atoms with van der Waals surface area (Å²) in [4.78, 5) is 64.7. The van der Waals surface area contributed by atoms with E-state index in [9.17, 15) is 34.2 Å². The summed E-state index contributed by atoms with van der Waals surface area (Å²) >= 11 is 0. The highest BCUT2D eigenvalue weighted by molar-refractivity contribution is 6.05. The number of carbonyl (C=O) groups excluding carboxylic acids is 2. The van der Waals surface area contributed by atoms with Gasteiger partial charge in [0, 0.05) is 6.54 Å². The molecular weight excluding hydrogens is 582 g/mol. The maximum absolute atomic E-state index is 13.2. The Balaban J connectivity index is 1.28. The van der Waals surface area contributed by atoms with Crippen molar-refractivity contribution >= 4 is 33.5 Å². The number of hydrogen-bond donors (Lipinski definition) is 2. The van der Waals surface area contributed by atoms with Gasteiger partial charge in [0.2, 0.25) is 0 Å². The molecule has 0 aliphatic heterocycles. The Morgan fingerprint density at radius 3 is 1.40 bits per heavy atom. The van der Waals surface area contributed by atoms with Gasteiger partial charge in [-0.15, -0.1) is 0 Å². The molecule has 0 amide bonds. The molecule has 2 unspecified atom stereocenters. The predicted molar refractivity (Wildman–Crippen MR) is 165 cm³/mol. The number of aliphatic hydroxyl groups is 2. The molecule has 1 aromatic heterocycles. The van der Waals surface area contributed by atoms with Crippen molar-refractivity contribution in [2.24, 2.45) is 0 Å². The van der Waals surface area contributed by atoms with Crippen LogP contribution in [0, 0.1) is 0 Å². The van der Waals surface area contributed by atoms with Crippen LogP contribution in [0.25, 0.3) is 21.5 Å². The van der Waals surface area contributed by atoms with E-state index in [4.69, 9.17) is 9.47 Å². The summed E-state index contributed by atoms with van der Waals surface area (Å²) in [5, 5.41) is 24.2. The zero-order valence-electron chi connectivity index (χ0n) is 24.4. The summed E-state index contributed by atoms with van der Waals surface area (Å²) in [5.74, 6) is -1.40. The zero-order chi connectivity index (χ0) is 32.1. The number of aromatic nitrogens is 3. The van der Waals surface area contributed by atoms with Gasteiger partial charge in [-0.05, 0) is 40.6 Å². The number of fused-ring (bicyclic) bond motifs is 2. The van der Waals surface area contributed by atoms with E-state index in [-0.39, 0.29) is 17.7 Å². The second kappa shape index (κ2) is 13.5. The second-order valence-corrected chi connectivity index (χ2v) is 10.4. The van der Waals surface area contributed by atoms with Gasteiger partial charge in [0.15, 0.2) is 0 Å². The normalized spacial score (nSPS) is 12.6. The number of aliphatic hydroxyl groups excluding tert-OH is 2. The average Bonchev–Trinajstić information content (AvgIpc) is 3.06. The van der Waals surface area contributed by atoms with Crippen LogP contribution in [0.5, 0.6) is 0 Å². The lowest BCUT2D eigenvalue weighted by Crippen LogP contribution is -2.56. The van der Waals surface area contributed by atoms with Crippen LogP contribution < -0.4 is 17.1 Å². The van der Waals surface area contributed by atoms with E-state index in [1.165, 1.54) is 6.92 Å². The molecule has 12 heteroatoms. The molecule has 0 saturated carbocycles. The first-order valence-electron chi connectivity index (χ1n) is 14.3. The van der Waals surface area contributed by atoms with Gasteiger partial charge in [-0.1, -0.05) is 72.8 Å². The first-order valence-corrected chi connectivity index (χ1v) is 14.3. The molecule has 232 valence electrons. The topological polar surface area (TPSA) is 159 Å². The third-order valence-corrected chi connectivity index (χ3v) is 7.32. The van der Waals surface area contributed by atoms with Crippen LogP contribution >= 0.6 is 0 Å². The second-order valence-electron chi connectivity index (χ2n) is 10.4. The van der Waals surface area contributed by atoms with Crippen molar-refractivity contribution in [1.82, 2.24) is 13.7 Å². The van der Waals surface area contributed by atoms with Gasteiger partial charge in [-0.25, -0.2) is 37.7 Å². The van der Waals surface area contributed by atoms with Crippen LogP contribution in [0.15, 0.2) is 99.3 Å². The number of nitrogens with zero attached hydrogens (tertiary/aromatic N) is 3. The fourth-order valence-corrected chi connectivity index (χ4v) is 5.10. The largest absolute Gasteiger partial charge is 0.459 e.